The lowest BCUT2D eigenvalue weighted by Crippen LogP contribution is -2.03. The summed E-state index contributed by atoms with van der Waals surface area (Å²) < 4.78 is 10.4. The Hall–Kier alpha value is -2.66. The summed E-state index contributed by atoms with van der Waals surface area (Å²) in [5, 5.41) is 20.0. The number of phenols is 2. The SMILES string of the molecule is O=c1oc2ccc(O)cc2cc1Oc1ccc(Cl)cc1O. The van der Waals surface area contributed by atoms with Gasteiger partial charge in [0.05, 0.1) is 0 Å². The van der Waals surface area contributed by atoms with E-state index in [1.807, 2.05) is 0 Å². The van der Waals surface area contributed by atoms with Gasteiger partial charge in [-0.05, 0) is 36.4 Å². The monoisotopic (exact) mass is 304 g/mol. The Kier molecular flexibility index (Phi) is 3.19. The van der Waals surface area contributed by atoms with Gasteiger partial charge in [0.2, 0.25) is 5.75 Å². The molecular formula is C15H9ClO5. The van der Waals surface area contributed by atoms with Gasteiger partial charge in [0.15, 0.2) is 11.5 Å². The minimum Gasteiger partial charge on any atom is -0.508 e. The fourth-order valence-corrected chi connectivity index (χ4v) is 2.02. The normalized spacial score (nSPS) is 10.7. The number of fused-ring (bicyclic) bond motifs is 1. The van der Waals surface area contributed by atoms with E-state index in [9.17, 15) is 15.0 Å². The zero-order chi connectivity index (χ0) is 15.0. The first kappa shape index (κ1) is 13.3. The van der Waals surface area contributed by atoms with Crippen LogP contribution in [-0.4, -0.2) is 10.2 Å². The first-order valence-corrected chi connectivity index (χ1v) is 6.34. The molecule has 21 heavy (non-hydrogen) atoms. The average Bonchev–Trinajstić information content (AvgIpc) is 2.43. The van der Waals surface area contributed by atoms with Crippen molar-refractivity contribution in [3.8, 4) is 23.0 Å². The van der Waals surface area contributed by atoms with E-state index in [0.29, 0.717) is 16.0 Å². The van der Waals surface area contributed by atoms with Gasteiger partial charge in [0, 0.05) is 16.5 Å². The number of ether oxygens (including phenoxy) is 1. The summed E-state index contributed by atoms with van der Waals surface area (Å²) in [4.78, 5) is 11.8. The van der Waals surface area contributed by atoms with E-state index in [4.69, 9.17) is 20.8 Å². The van der Waals surface area contributed by atoms with Crippen LogP contribution in [0.5, 0.6) is 23.0 Å². The van der Waals surface area contributed by atoms with Gasteiger partial charge < -0.3 is 19.4 Å². The molecule has 0 fully saturated rings. The van der Waals surface area contributed by atoms with Crippen molar-refractivity contribution in [2.24, 2.45) is 0 Å². The number of hydrogen-bond acceptors (Lipinski definition) is 5. The number of rotatable bonds is 2. The second-order valence-corrected chi connectivity index (χ2v) is 4.77. The molecule has 5 nitrogen and oxygen atoms in total. The molecule has 0 saturated heterocycles. The van der Waals surface area contributed by atoms with Crippen LogP contribution in [0.15, 0.2) is 51.7 Å². The maximum atomic E-state index is 11.8. The van der Waals surface area contributed by atoms with E-state index in [-0.39, 0.29) is 23.0 Å². The molecule has 0 atom stereocenters. The third-order valence-corrected chi connectivity index (χ3v) is 3.06. The van der Waals surface area contributed by atoms with Crippen molar-refractivity contribution in [2.45, 2.75) is 0 Å². The van der Waals surface area contributed by atoms with Crippen LogP contribution < -0.4 is 10.4 Å². The topological polar surface area (TPSA) is 79.9 Å². The van der Waals surface area contributed by atoms with Crippen molar-refractivity contribution in [3.63, 3.8) is 0 Å². The molecule has 0 aliphatic heterocycles. The predicted octanol–water partition coefficient (Wildman–Crippen LogP) is 3.65. The van der Waals surface area contributed by atoms with Gasteiger partial charge in [-0.15, -0.1) is 0 Å². The Labute approximate surface area is 123 Å². The van der Waals surface area contributed by atoms with Crippen LogP contribution in [0.2, 0.25) is 5.02 Å². The second kappa shape index (κ2) is 5.03. The summed E-state index contributed by atoms with van der Waals surface area (Å²) in [5.74, 6) is -0.188. The minimum absolute atomic E-state index is 0.0386. The summed E-state index contributed by atoms with van der Waals surface area (Å²) in [6, 6.07) is 10.0. The lowest BCUT2D eigenvalue weighted by atomic mass is 10.2. The molecule has 1 aromatic heterocycles. The van der Waals surface area contributed by atoms with Gasteiger partial charge in [-0.2, -0.15) is 0 Å². The van der Waals surface area contributed by atoms with Crippen LogP contribution in [-0.2, 0) is 0 Å². The van der Waals surface area contributed by atoms with Crippen molar-refractivity contribution in [3.05, 3.63) is 57.9 Å². The molecule has 2 aromatic carbocycles. The van der Waals surface area contributed by atoms with Crippen LogP contribution in [0, 0.1) is 0 Å². The molecule has 3 aromatic rings. The Balaban J connectivity index is 2.07. The van der Waals surface area contributed by atoms with E-state index < -0.39 is 5.63 Å². The summed E-state index contributed by atoms with van der Waals surface area (Å²) in [6.45, 7) is 0. The van der Waals surface area contributed by atoms with E-state index in [2.05, 4.69) is 0 Å². The highest BCUT2D eigenvalue weighted by atomic mass is 35.5. The van der Waals surface area contributed by atoms with E-state index >= 15 is 0 Å². The molecule has 0 aliphatic carbocycles. The lowest BCUT2D eigenvalue weighted by molar-refractivity contribution is 0.395. The Bertz CT molecular complexity index is 885. The van der Waals surface area contributed by atoms with Crippen LogP contribution >= 0.6 is 11.6 Å². The summed E-state index contributed by atoms with van der Waals surface area (Å²) in [6.07, 6.45) is 0. The van der Waals surface area contributed by atoms with Gasteiger partial charge in [-0.25, -0.2) is 4.79 Å². The quantitative estimate of drug-likeness (QED) is 0.706. The molecule has 1 heterocycles. The summed E-state index contributed by atoms with van der Waals surface area (Å²) in [5.41, 5.74) is -0.368. The molecule has 0 amide bonds. The molecule has 0 radical (unpaired) electrons. The fraction of sp³-hybridized carbons (Fsp3) is 0. The first-order valence-electron chi connectivity index (χ1n) is 5.96. The van der Waals surface area contributed by atoms with Crippen LogP contribution in [0.4, 0.5) is 0 Å². The first-order chi connectivity index (χ1) is 10.0. The van der Waals surface area contributed by atoms with Gasteiger partial charge in [0.1, 0.15) is 11.3 Å². The Morgan fingerprint density at radius 1 is 1.00 bits per heavy atom. The van der Waals surface area contributed by atoms with E-state index in [1.54, 1.807) is 0 Å². The van der Waals surface area contributed by atoms with Crippen molar-refractivity contribution in [1.29, 1.82) is 0 Å². The minimum atomic E-state index is -0.692. The van der Waals surface area contributed by atoms with Crippen LogP contribution in [0.1, 0.15) is 0 Å². The number of benzene rings is 2. The molecule has 0 bridgehead atoms. The third kappa shape index (κ3) is 2.64. The molecule has 3 rings (SSSR count). The highest BCUT2D eigenvalue weighted by Crippen LogP contribution is 2.32. The average molecular weight is 305 g/mol. The maximum Gasteiger partial charge on any atom is 0.379 e. The molecule has 2 N–H and O–H groups in total. The Morgan fingerprint density at radius 2 is 1.81 bits per heavy atom. The highest BCUT2D eigenvalue weighted by Gasteiger charge is 2.11. The van der Waals surface area contributed by atoms with Crippen molar-refractivity contribution < 1.29 is 19.4 Å². The van der Waals surface area contributed by atoms with Gasteiger partial charge in [-0.1, -0.05) is 11.6 Å². The maximum absolute atomic E-state index is 11.8. The van der Waals surface area contributed by atoms with E-state index in [1.165, 1.54) is 42.5 Å². The van der Waals surface area contributed by atoms with Gasteiger partial charge in [0.25, 0.3) is 0 Å². The van der Waals surface area contributed by atoms with Crippen LogP contribution in [0.25, 0.3) is 11.0 Å². The predicted molar refractivity (Wildman–Crippen MR) is 77.3 cm³/mol. The second-order valence-electron chi connectivity index (χ2n) is 4.33. The summed E-state index contributed by atoms with van der Waals surface area (Å²) in [7, 11) is 0. The zero-order valence-electron chi connectivity index (χ0n) is 10.5. The molecule has 0 aliphatic rings. The number of hydrogen-bond donors (Lipinski definition) is 2. The van der Waals surface area contributed by atoms with Crippen molar-refractivity contribution in [1.82, 2.24) is 0 Å². The van der Waals surface area contributed by atoms with Gasteiger partial charge >= 0.3 is 5.63 Å². The smallest absolute Gasteiger partial charge is 0.379 e. The zero-order valence-corrected chi connectivity index (χ0v) is 11.3. The molecular weight excluding hydrogens is 296 g/mol. The Morgan fingerprint density at radius 3 is 2.57 bits per heavy atom. The number of halogens is 1. The molecule has 6 heteroatoms. The van der Waals surface area contributed by atoms with Crippen LogP contribution in [0.3, 0.4) is 0 Å². The lowest BCUT2D eigenvalue weighted by Gasteiger charge is -2.07. The molecule has 0 unspecified atom stereocenters. The van der Waals surface area contributed by atoms with Crippen molar-refractivity contribution in [2.75, 3.05) is 0 Å². The number of phenolic OH excluding ortho intramolecular Hbond substituents is 2. The van der Waals surface area contributed by atoms with E-state index in [0.717, 1.165) is 0 Å². The molecule has 0 saturated carbocycles. The molecule has 0 spiro atoms. The van der Waals surface area contributed by atoms with Crippen molar-refractivity contribution >= 4 is 22.6 Å². The van der Waals surface area contributed by atoms with Gasteiger partial charge in [-0.3, -0.25) is 0 Å². The third-order valence-electron chi connectivity index (χ3n) is 2.82. The molecule has 106 valence electrons. The fourth-order valence-electron chi connectivity index (χ4n) is 1.86. The standard InChI is InChI=1S/C15H9ClO5/c16-9-1-3-13(11(18)7-9)20-14-6-8-5-10(17)2-4-12(8)21-15(14)19/h1-7,17-18H. The largest absolute Gasteiger partial charge is 0.508 e. The highest BCUT2D eigenvalue weighted by molar-refractivity contribution is 6.30. The number of aromatic hydroxyl groups is 2. The summed E-state index contributed by atoms with van der Waals surface area (Å²) >= 11 is 5.72.